The van der Waals surface area contributed by atoms with Gasteiger partial charge in [0.15, 0.2) is 5.96 Å². The zero-order valence-corrected chi connectivity index (χ0v) is 16.2. The van der Waals surface area contributed by atoms with Crippen molar-refractivity contribution in [3.63, 3.8) is 0 Å². The van der Waals surface area contributed by atoms with Crippen molar-refractivity contribution in [3.05, 3.63) is 29.6 Å². The zero-order valence-electron chi connectivity index (χ0n) is 16.2. The summed E-state index contributed by atoms with van der Waals surface area (Å²) in [6.45, 7) is 8.10. The van der Waals surface area contributed by atoms with Crippen LogP contribution < -0.4 is 16.0 Å². The SMILES string of the molecule is CCNC(=NCCc1ccncc1C)NC1CCN(CC(=O)NC)CC1. The Morgan fingerprint density at radius 3 is 2.81 bits per heavy atom. The number of pyridine rings is 1. The van der Waals surface area contributed by atoms with E-state index in [0.717, 1.165) is 51.4 Å². The molecule has 7 nitrogen and oxygen atoms in total. The molecule has 0 radical (unpaired) electrons. The van der Waals surface area contributed by atoms with Gasteiger partial charge in [-0.3, -0.25) is 19.7 Å². The highest BCUT2D eigenvalue weighted by Gasteiger charge is 2.21. The fraction of sp³-hybridized carbons (Fsp3) is 0.632. The quantitative estimate of drug-likeness (QED) is 0.493. The van der Waals surface area contributed by atoms with Crippen LogP contribution in [0.5, 0.6) is 0 Å². The molecule has 0 aliphatic carbocycles. The van der Waals surface area contributed by atoms with Crippen molar-refractivity contribution in [1.29, 1.82) is 0 Å². The zero-order chi connectivity index (χ0) is 18.8. The van der Waals surface area contributed by atoms with Gasteiger partial charge in [0, 0.05) is 51.7 Å². The smallest absolute Gasteiger partial charge is 0.233 e. The molecule has 2 heterocycles. The Balaban J connectivity index is 1.80. The Morgan fingerprint density at radius 1 is 1.38 bits per heavy atom. The van der Waals surface area contributed by atoms with Crippen molar-refractivity contribution < 1.29 is 4.79 Å². The van der Waals surface area contributed by atoms with E-state index in [4.69, 9.17) is 4.99 Å². The van der Waals surface area contributed by atoms with Gasteiger partial charge in [-0.2, -0.15) is 0 Å². The lowest BCUT2D eigenvalue weighted by Crippen LogP contribution is -2.50. The largest absolute Gasteiger partial charge is 0.358 e. The van der Waals surface area contributed by atoms with Crippen LogP contribution in [0.2, 0.25) is 0 Å². The summed E-state index contributed by atoms with van der Waals surface area (Å²) < 4.78 is 0. The van der Waals surface area contributed by atoms with Crippen molar-refractivity contribution in [2.24, 2.45) is 4.99 Å². The first-order valence-corrected chi connectivity index (χ1v) is 9.49. The van der Waals surface area contributed by atoms with Gasteiger partial charge in [-0.1, -0.05) is 0 Å². The van der Waals surface area contributed by atoms with Gasteiger partial charge in [-0.15, -0.1) is 0 Å². The van der Waals surface area contributed by atoms with E-state index in [2.05, 4.69) is 45.7 Å². The van der Waals surface area contributed by atoms with Crippen LogP contribution in [0.4, 0.5) is 0 Å². The lowest BCUT2D eigenvalue weighted by atomic mass is 10.1. The molecule has 2 rings (SSSR count). The van der Waals surface area contributed by atoms with Crippen LogP contribution in [0.25, 0.3) is 0 Å². The Kier molecular flexibility index (Phi) is 8.34. The molecule has 1 aliphatic heterocycles. The van der Waals surface area contributed by atoms with Gasteiger partial charge in [0.05, 0.1) is 6.54 Å². The van der Waals surface area contributed by atoms with Gasteiger partial charge in [0.25, 0.3) is 0 Å². The summed E-state index contributed by atoms with van der Waals surface area (Å²) in [7, 11) is 1.68. The number of carbonyl (C=O) groups is 1. The first kappa shape index (κ1) is 20.2. The van der Waals surface area contributed by atoms with E-state index >= 15 is 0 Å². The van der Waals surface area contributed by atoms with Crippen LogP contribution in [0, 0.1) is 6.92 Å². The topological polar surface area (TPSA) is 81.7 Å². The molecule has 3 N–H and O–H groups in total. The number of hydrogen-bond donors (Lipinski definition) is 3. The third-order valence-electron chi connectivity index (χ3n) is 4.71. The van der Waals surface area contributed by atoms with E-state index in [1.807, 2.05) is 12.4 Å². The predicted molar refractivity (Wildman–Crippen MR) is 105 cm³/mol. The van der Waals surface area contributed by atoms with Crippen molar-refractivity contribution in [1.82, 2.24) is 25.8 Å². The third-order valence-corrected chi connectivity index (χ3v) is 4.71. The molecule has 1 saturated heterocycles. The number of aryl methyl sites for hydroxylation is 1. The van der Waals surface area contributed by atoms with Crippen LogP contribution >= 0.6 is 0 Å². The van der Waals surface area contributed by atoms with Crippen LogP contribution in [0.1, 0.15) is 30.9 Å². The molecule has 1 aromatic rings. The second-order valence-electron chi connectivity index (χ2n) is 6.68. The van der Waals surface area contributed by atoms with E-state index in [9.17, 15) is 4.79 Å². The molecule has 0 atom stereocenters. The van der Waals surface area contributed by atoms with Crippen molar-refractivity contribution in [2.45, 2.75) is 39.2 Å². The number of guanidine groups is 1. The summed E-state index contributed by atoms with van der Waals surface area (Å²) in [5.41, 5.74) is 2.51. The molecule has 1 aromatic heterocycles. The normalized spacial score (nSPS) is 16.3. The summed E-state index contributed by atoms with van der Waals surface area (Å²) in [4.78, 5) is 22.5. The van der Waals surface area contributed by atoms with Crippen molar-refractivity contribution in [3.8, 4) is 0 Å². The molecule has 0 spiro atoms. The number of aliphatic imine (C=N–C) groups is 1. The lowest BCUT2D eigenvalue weighted by Gasteiger charge is -2.32. The van der Waals surface area contributed by atoms with E-state index in [0.29, 0.717) is 12.6 Å². The molecule has 7 heteroatoms. The average molecular weight is 361 g/mol. The van der Waals surface area contributed by atoms with Gasteiger partial charge < -0.3 is 16.0 Å². The molecular formula is C19H32N6O. The lowest BCUT2D eigenvalue weighted by molar-refractivity contribution is -0.122. The standard InChI is InChI=1S/C19H32N6O/c1-4-22-19(23-10-6-16-5-9-21-13-15(16)2)24-17-7-11-25(12-8-17)14-18(26)20-3/h5,9,13,17H,4,6-8,10-12,14H2,1-3H3,(H,20,26)(H2,22,23,24). The van der Waals surface area contributed by atoms with Crippen molar-refractivity contribution in [2.75, 3.05) is 39.8 Å². The van der Waals surface area contributed by atoms with E-state index in [-0.39, 0.29) is 5.91 Å². The van der Waals surface area contributed by atoms with Gasteiger partial charge >= 0.3 is 0 Å². The first-order chi connectivity index (χ1) is 12.6. The summed E-state index contributed by atoms with van der Waals surface area (Å²) in [6.07, 6.45) is 6.68. The predicted octanol–water partition coefficient (Wildman–Crippen LogP) is 0.698. The minimum Gasteiger partial charge on any atom is -0.358 e. The van der Waals surface area contributed by atoms with Crippen molar-refractivity contribution >= 4 is 11.9 Å². The summed E-state index contributed by atoms with van der Waals surface area (Å²) in [6, 6.07) is 2.46. The number of hydrogen-bond acceptors (Lipinski definition) is 4. The van der Waals surface area contributed by atoms with E-state index < -0.39 is 0 Å². The Morgan fingerprint density at radius 2 is 2.15 bits per heavy atom. The average Bonchev–Trinajstić information content (AvgIpc) is 2.65. The fourth-order valence-corrected chi connectivity index (χ4v) is 3.10. The second kappa shape index (κ2) is 10.8. The minimum atomic E-state index is 0.0812. The Hall–Kier alpha value is -2.15. The number of nitrogens with one attached hydrogen (secondary N) is 3. The molecule has 1 fully saturated rings. The van der Waals surface area contributed by atoms with Gasteiger partial charge in [0.1, 0.15) is 0 Å². The monoisotopic (exact) mass is 360 g/mol. The number of rotatable bonds is 7. The number of carbonyl (C=O) groups excluding carboxylic acids is 1. The highest BCUT2D eigenvalue weighted by molar-refractivity contribution is 5.80. The van der Waals surface area contributed by atoms with Crippen LogP contribution in [-0.4, -0.2) is 67.6 Å². The van der Waals surface area contributed by atoms with E-state index in [1.165, 1.54) is 11.1 Å². The third kappa shape index (κ3) is 6.63. The highest BCUT2D eigenvalue weighted by atomic mass is 16.1. The first-order valence-electron chi connectivity index (χ1n) is 9.49. The van der Waals surface area contributed by atoms with Crippen LogP contribution in [0.3, 0.4) is 0 Å². The van der Waals surface area contributed by atoms with Gasteiger partial charge in [0.2, 0.25) is 5.91 Å². The summed E-state index contributed by atoms with van der Waals surface area (Å²) >= 11 is 0. The maximum atomic E-state index is 11.5. The summed E-state index contributed by atoms with van der Waals surface area (Å²) in [5.74, 6) is 0.960. The molecule has 26 heavy (non-hydrogen) atoms. The Labute approximate surface area is 156 Å². The van der Waals surface area contributed by atoms with Crippen LogP contribution in [0.15, 0.2) is 23.5 Å². The highest BCUT2D eigenvalue weighted by Crippen LogP contribution is 2.10. The molecule has 0 saturated carbocycles. The summed E-state index contributed by atoms with van der Waals surface area (Å²) in [5, 5.41) is 9.56. The number of aromatic nitrogens is 1. The molecule has 0 unspecified atom stereocenters. The molecule has 0 aromatic carbocycles. The van der Waals surface area contributed by atoms with Gasteiger partial charge in [-0.05, 0) is 50.3 Å². The second-order valence-corrected chi connectivity index (χ2v) is 6.68. The number of amides is 1. The number of likely N-dealkylation sites (tertiary alicyclic amines) is 1. The Bertz CT molecular complexity index is 595. The maximum absolute atomic E-state index is 11.5. The van der Waals surface area contributed by atoms with Gasteiger partial charge in [-0.25, -0.2) is 0 Å². The molecule has 1 aliphatic rings. The number of likely N-dealkylation sites (N-methyl/N-ethyl adjacent to an activating group) is 1. The number of nitrogens with zero attached hydrogens (tertiary/aromatic N) is 3. The molecule has 1 amide bonds. The molecule has 0 bridgehead atoms. The molecular weight excluding hydrogens is 328 g/mol. The fourth-order valence-electron chi connectivity index (χ4n) is 3.10. The van der Waals surface area contributed by atoms with E-state index in [1.54, 1.807) is 7.05 Å². The maximum Gasteiger partial charge on any atom is 0.233 e. The minimum absolute atomic E-state index is 0.0812. The molecule has 144 valence electrons. The number of piperidine rings is 1. The van der Waals surface area contributed by atoms with Crippen LogP contribution in [-0.2, 0) is 11.2 Å².